The maximum absolute atomic E-state index is 4.54. The van der Waals surface area contributed by atoms with Crippen LogP contribution >= 0.6 is 0 Å². The van der Waals surface area contributed by atoms with E-state index in [-0.39, 0.29) is 0 Å². The van der Waals surface area contributed by atoms with Gasteiger partial charge >= 0.3 is 0 Å². The van der Waals surface area contributed by atoms with Crippen molar-refractivity contribution in [3.63, 3.8) is 0 Å². The summed E-state index contributed by atoms with van der Waals surface area (Å²) in [5.41, 5.74) is 2.25. The zero-order valence-corrected chi connectivity index (χ0v) is 12.5. The fourth-order valence-corrected chi connectivity index (χ4v) is 2.90. The van der Waals surface area contributed by atoms with Crippen LogP contribution in [0.1, 0.15) is 38.1 Å². The molecule has 0 aliphatic carbocycles. The number of pyridine rings is 1. The standard InChI is InChI=1S/C16H27N3/c1-4-19-10-8-15(9-11-19)14(3)17-12-16-7-5-6-13(2)18-16/h5-7,14-15,17H,4,8-12H2,1-3H3. The first kappa shape index (κ1) is 14.5. The first-order valence-corrected chi connectivity index (χ1v) is 7.57. The lowest BCUT2D eigenvalue weighted by atomic mass is 9.90. The number of aryl methyl sites for hydroxylation is 1. The van der Waals surface area contributed by atoms with Crippen LogP contribution in [-0.4, -0.2) is 35.6 Å². The van der Waals surface area contributed by atoms with Crippen LogP contribution in [-0.2, 0) is 6.54 Å². The molecule has 0 bridgehead atoms. The topological polar surface area (TPSA) is 28.2 Å². The first-order chi connectivity index (χ1) is 9.19. The van der Waals surface area contributed by atoms with Gasteiger partial charge in [0.1, 0.15) is 0 Å². The quantitative estimate of drug-likeness (QED) is 0.883. The lowest BCUT2D eigenvalue weighted by Crippen LogP contribution is -2.41. The highest BCUT2D eigenvalue weighted by Gasteiger charge is 2.22. The number of aromatic nitrogens is 1. The maximum Gasteiger partial charge on any atom is 0.0544 e. The van der Waals surface area contributed by atoms with Crippen LogP contribution in [0.2, 0.25) is 0 Å². The molecule has 1 saturated heterocycles. The lowest BCUT2D eigenvalue weighted by molar-refractivity contribution is 0.168. The van der Waals surface area contributed by atoms with Crippen LogP contribution in [0.3, 0.4) is 0 Å². The third kappa shape index (κ3) is 4.29. The molecule has 1 unspecified atom stereocenters. The summed E-state index contributed by atoms with van der Waals surface area (Å²) in [6.07, 6.45) is 2.65. The largest absolute Gasteiger partial charge is 0.308 e. The molecule has 0 saturated carbocycles. The van der Waals surface area contributed by atoms with E-state index in [2.05, 4.69) is 41.2 Å². The Morgan fingerprint density at radius 1 is 1.37 bits per heavy atom. The average molecular weight is 261 g/mol. The molecule has 3 nitrogen and oxygen atoms in total. The highest BCUT2D eigenvalue weighted by molar-refractivity contribution is 5.09. The second-order valence-corrected chi connectivity index (χ2v) is 5.71. The Hall–Kier alpha value is -0.930. The van der Waals surface area contributed by atoms with E-state index < -0.39 is 0 Å². The zero-order chi connectivity index (χ0) is 13.7. The number of piperidine rings is 1. The second kappa shape index (κ2) is 7.01. The average Bonchev–Trinajstić information content (AvgIpc) is 2.45. The molecule has 0 radical (unpaired) electrons. The van der Waals surface area contributed by atoms with Gasteiger partial charge in [-0.05, 0) is 64.4 Å². The van der Waals surface area contributed by atoms with Crippen molar-refractivity contribution in [2.24, 2.45) is 5.92 Å². The third-order valence-corrected chi connectivity index (χ3v) is 4.34. The van der Waals surface area contributed by atoms with Gasteiger partial charge in [-0.2, -0.15) is 0 Å². The molecule has 3 heteroatoms. The van der Waals surface area contributed by atoms with Crippen molar-refractivity contribution in [2.45, 2.75) is 46.2 Å². The van der Waals surface area contributed by atoms with Crippen molar-refractivity contribution in [1.29, 1.82) is 0 Å². The van der Waals surface area contributed by atoms with E-state index in [0.29, 0.717) is 6.04 Å². The van der Waals surface area contributed by atoms with Crippen molar-refractivity contribution >= 4 is 0 Å². The highest BCUT2D eigenvalue weighted by Crippen LogP contribution is 2.20. The summed E-state index contributed by atoms with van der Waals surface area (Å²) < 4.78 is 0. The Labute approximate surface area is 117 Å². The lowest BCUT2D eigenvalue weighted by Gasteiger charge is -2.34. The molecule has 1 aliphatic rings. The highest BCUT2D eigenvalue weighted by atomic mass is 15.1. The molecule has 0 amide bonds. The van der Waals surface area contributed by atoms with Gasteiger partial charge in [0.15, 0.2) is 0 Å². The minimum absolute atomic E-state index is 0.585. The predicted molar refractivity (Wildman–Crippen MR) is 80.1 cm³/mol. The maximum atomic E-state index is 4.54. The monoisotopic (exact) mass is 261 g/mol. The summed E-state index contributed by atoms with van der Waals surface area (Å²) in [5.74, 6) is 0.813. The van der Waals surface area contributed by atoms with E-state index in [0.717, 1.165) is 23.9 Å². The summed E-state index contributed by atoms with van der Waals surface area (Å²) in [7, 11) is 0. The van der Waals surface area contributed by atoms with E-state index >= 15 is 0 Å². The van der Waals surface area contributed by atoms with Crippen molar-refractivity contribution in [3.8, 4) is 0 Å². The second-order valence-electron chi connectivity index (χ2n) is 5.71. The van der Waals surface area contributed by atoms with Gasteiger partial charge in [0.25, 0.3) is 0 Å². The van der Waals surface area contributed by atoms with Crippen molar-refractivity contribution in [3.05, 3.63) is 29.6 Å². The molecule has 0 spiro atoms. The number of hydrogen-bond donors (Lipinski definition) is 1. The van der Waals surface area contributed by atoms with Crippen molar-refractivity contribution < 1.29 is 0 Å². The van der Waals surface area contributed by atoms with Crippen LogP contribution in [0.25, 0.3) is 0 Å². The van der Waals surface area contributed by atoms with E-state index in [1.54, 1.807) is 0 Å². The Morgan fingerprint density at radius 3 is 2.74 bits per heavy atom. The summed E-state index contributed by atoms with van der Waals surface area (Å²) in [4.78, 5) is 7.09. The zero-order valence-electron chi connectivity index (χ0n) is 12.5. The van der Waals surface area contributed by atoms with E-state index in [1.807, 2.05) is 13.0 Å². The van der Waals surface area contributed by atoms with Crippen LogP contribution in [0, 0.1) is 12.8 Å². The normalized spacial score (nSPS) is 19.5. The Balaban J connectivity index is 1.77. The Morgan fingerprint density at radius 2 is 2.11 bits per heavy atom. The van der Waals surface area contributed by atoms with E-state index in [4.69, 9.17) is 0 Å². The van der Waals surface area contributed by atoms with Crippen LogP contribution in [0.15, 0.2) is 18.2 Å². The number of likely N-dealkylation sites (tertiary alicyclic amines) is 1. The van der Waals surface area contributed by atoms with Gasteiger partial charge < -0.3 is 10.2 Å². The first-order valence-electron chi connectivity index (χ1n) is 7.57. The van der Waals surface area contributed by atoms with Gasteiger partial charge in [-0.15, -0.1) is 0 Å². The van der Waals surface area contributed by atoms with E-state index in [9.17, 15) is 0 Å². The SMILES string of the molecule is CCN1CCC(C(C)NCc2cccc(C)n2)CC1. The van der Waals surface area contributed by atoms with Gasteiger partial charge in [0.2, 0.25) is 0 Å². The summed E-state index contributed by atoms with van der Waals surface area (Å²) in [6.45, 7) is 11.2. The predicted octanol–water partition coefficient (Wildman–Crippen LogP) is 2.60. The molecular weight excluding hydrogens is 234 g/mol. The molecule has 1 aromatic rings. The Bertz CT molecular complexity index is 383. The molecule has 19 heavy (non-hydrogen) atoms. The molecule has 1 aliphatic heterocycles. The molecule has 0 aromatic carbocycles. The summed E-state index contributed by atoms with van der Waals surface area (Å²) in [6, 6.07) is 6.82. The van der Waals surface area contributed by atoms with Crippen LogP contribution in [0.4, 0.5) is 0 Å². The molecule has 1 aromatic heterocycles. The Kier molecular flexibility index (Phi) is 5.34. The molecule has 1 atom stereocenters. The fraction of sp³-hybridized carbons (Fsp3) is 0.688. The number of hydrogen-bond acceptors (Lipinski definition) is 3. The summed E-state index contributed by atoms with van der Waals surface area (Å²) >= 11 is 0. The van der Waals surface area contributed by atoms with Gasteiger partial charge in [-0.25, -0.2) is 0 Å². The third-order valence-electron chi connectivity index (χ3n) is 4.34. The minimum Gasteiger partial charge on any atom is -0.308 e. The number of nitrogens with one attached hydrogen (secondary N) is 1. The van der Waals surface area contributed by atoms with Crippen LogP contribution < -0.4 is 5.32 Å². The molecule has 106 valence electrons. The van der Waals surface area contributed by atoms with Crippen LogP contribution in [0.5, 0.6) is 0 Å². The van der Waals surface area contributed by atoms with Gasteiger partial charge in [0.05, 0.1) is 5.69 Å². The van der Waals surface area contributed by atoms with Crippen molar-refractivity contribution in [2.75, 3.05) is 19.6 Å². The molecule has 1 N–H and O–H groups in total. The van der Waals surface area contributed by atoms with E-state index in [1.165, 1.54) is 32.5 Å². The number of rotatable bonds is 5. The number of nitrogens with zero attached hydrogens (tertiary/aromatic N) is 2. The molecule has 2 rings (SSSR count). The van der Waals surface area contributed by atoms with Gasteiger partial charge in [0, 0.05) is 18.3 Å². The van der Waals surface area contributed by atoms with Crippen molar-refractivity contribution in [1.82, 2.24) is 15.2 Å². The van der Waals surface area contributed by atoms with Gasteiger partial charge in [-0.1, -0.05) is 13.0 Å². The molecular formula is C16H27N3. The molecule has 2 heterocycles. The summed E-state index contributed by atoms with van der Waals surface area (Å²) in [5, 5.41) is 3.65. The molecule has 1 fully saturated rings. The minimum atomic E-state index is 0.585. The fourth-order valence-electron chi connectivity index (χ4n) is 2.90. The smallest absolute Gasteiger partial charge is 0.0544 e. The van der Waals surface area contributed by atoms with Gasteiger partial charge in [-0.3, -0.25) is 4.98 Å².